The molecule has 0 spiro atoms. The fourth-order valence-electron chi connectivity index (χ4n) is 6.41. The highest BCUT2D eigenvalue weighted by Crippen LogP contribution is 2.64. The Kier molecular flexibility index (Phi) is 3.71. The SMILES string of the molecule is C[C@]12C=CC(=O)C=C1CC[C@@H]1[C@@H]2[C@@H](O)C[C@]2(C)C(C(=O)CO)=CC[C@@H]12. The van der Waals surface area contributed by atoms with Gasteiger partial charge in [-0.05, 0) is 55.2 Å². The van der Waals surface area contributed by atoms with Crippen molar-refractivity contribution in [3.05, 3.63) is 35.5 Å². The van der Waals surface area contributed by atoms with Crippen LogP contribution in [0.4, 0.5) is 0 Å². The number of carbonyl (C=O) groups excluding carboxylic acids is 2. The molecule has 0 amide bonds. The molecular weight excluding hydrogens is 316 g/mol. The van der Waals surface area contributed by atoms with Crippen molar-refractivity contribution < 1.29 is 19.8 Å². The van der Waals surface area contributed by atoms with Gasteiger partial charge in [0.1, 0.15) is 6.61 Å². The molecule has 0 aromatic carbocycles. The van der Waals surface area contributed by atoms with Crippen LogP contribution in [-0.2, 0) is 9.59 Å². The molecule has 0 aromatic heterocycles. The zero-order valence-corrected chi connectivity index (χ0v) is 14.9. The van der Waals surface area contributed by atoms with Crippen LogP contribution in [0.1, 0.15) is 39.5 Å². The Morgan fingerprint density at radius 2 is 2.12 bits per heavy atom. The Morgan fingerprint density at radius 3 is 2.84 bits per heavy atom. The number of carbonyl (C=O) groups is 2. The molecule has 134 valence electrons. The highest BCUT2D eigenvalue weighted by Gasteiger charge is 2.60. The first kappa shape index (κ1) is 16.9. The van der Waals surface area contributed by atoms with Gasteiger partial charge in [0.15, 0.2) is 11.6 Å². The first-order chi connectivity index (χ1) is 11.8. The number of rotatable bonds is 2. The monoisotopic (exact) mass is 342 g/mol. The summed E-state index contributed by atoms with van der Waals surface area (Å²) in [5.41, 5.74) is 1.22. The third-order valence-electron chi connectivity index (χ3n) is 7.52. The van der Waals surface area contributed by atoms with Gasteiger partial charge in [0.25, 0.3) is 0 Å². The van der Waals surface area contributed by atoms with E-state index in [-0.39, 0.29) is 28.3 Å². The van der Waals surface area contributed by atoms with Gasteiger partial charge in [-0.25, -0.2) is 0 Å². The molecule has 25 heavy (non-hydrogen) atoms. The molecular formula is C21H26O4. The molecule has 2 saturated carbocycles. The van der Waals surface area contributed by atoms with Crippen molar-refractivity contribution in [3.8, 4) is 0 Å². The summed E-state index contributed by atoms with van der Waals surface area (Å²) in [5, 5.41) is 20.4. The second-order valence-electron chi connectivity index (χ2n) is 8.65. The van der Waals surface area contributed by atoms with Crippen LogP contribution in [0.3, 0.4) is 0 Å². The summed E-state index contributed by atoms with van der Waals surface area (Å²) in [7, 11) is 0. The van der Waals surface area contributed by atoms with Crippen LogP contribution in [0.2, 0.25) is 0 Å². The summed E-state index contributed by atoms with van der Waals surface area (Å²) in [6.45, 7) is 3.76. The van der Waals surface area contributed by atoms with Crippen LogP contribution in [-0.4, -0.2) is 34.5 Å². The summed E-state index contributed by atoms with van der Waals surface area (Å²) < 4.78 is 0. The Balaban J connectivity index is 1.72. The topological polar surface area (TPSA) is 74.6 Å². The van der Waals surface area contributed by atoms with Gasteiger partial charge in [0.2, 0.25) is 0 Å². The summed E-state index contributed by atoms with van der Waals surface area (Å²) in [5.74, 6) is 0.539. The van der Waals surface area contributed by atoms with Crippen LogP contribution in [0.15, 0.2) is 35.5 Å². The van der Waals surface area contributed by atoms with Crippen molar-refractivity contribution in [3.63, 3.8) is 0 Å². The molecule has 0 saturated heterocycles. The number of hydrogen-bond acceptors (Lipinski definition) is 4. The fourth-order valence-corrected chi connectivity index (χ4v) is 6.41. The van der Waals surface area contributed by atoms with Gasteiger partial charge in [-0.1, -0.05) is 31.6 Å². The van der Waals surface area contributed by atoms with Gasteiger partial charge in [0.05, 0.1) is 6.10 Å². The van der Waals surface area contributed by atoms with E-state index in [4.69, 9.17) is 0 Å². The minimum Gasteiger partial charge on any atom is -0.393 e. The summed E-state index contributed by atoms with van der Waals surface area (Å²) in [6, 6.07) is 0. The van der Waals surface area contributed by atoms with E-state index in [0.717, 1.165) is 24.8 Å². The van der Waals surface area contributed by atoms with Crippen LogP contribution in [0, 0.1) is 28.6 Å². The summed E-state index contributed by atoms with van der Waals surface area (Å²) in [6.07, 6.45) is 10.1. The molecule has 0 bridgehead atoms. The summed E-state index contributed by atoms with van der Waals surface area (Å²) in [4.78, 5) is 24.0. The average Bonchev–Trinajstić information content (AvgIpc) is 2.91. The molecule has 0 heterocycles. The van der Waals surface area contributed by atoms with Crippen molar-refractivity contribution in [2.75, 3.05) is 6.61 Å². The van der Waals surface area contributed by atoms with Crippen LogP contribution >= 0.6 is 0 Å². The minimum atomic E-state index is -0.522. The molecule has 4 rings (SSSR count). The van der Waals surface area contributed by atoms with Crippen LogP contribution in [0.25, 0.3) is 0 Å². The maximum absolute atomic E-state index is 12.2. The lowest BCUT2D eigenvalue weighted by molar-refractivity contribution is -0.124. The van der Waals surface area contributed by atoms with E-state index in [9.17, 15) is 19.8 Å². The van der Waals surface area contributed by atoms with Crippen molar-refractivity contribution in [2.24, 2.45) is 28.6 Å². The predicted octanol–water partition coefficient (Wildman–Crippen LogP) is 2.36. The fraction of sp³-hybridized carbons (Fsp3) is 0.619. The molecule has 2 fully saturated rings. The van der Waals surface area contributed by atoms with E-state index in [0.29, 0.717) is 23.8 Å². The average molecular weight is 342 g/mol. The lowest BCUT2D eigenvalue weighted by Crippen LogP contribution is -2.55. The van der Waals surface area contributed by atoms with Gasteiger partial charge >= 0.3 is 0 Å². The smallest absolute Gasteiger partial charge is 0.184 e. The first-order valence-electron chi connectivity index (χ1n) is 9.28. The third-order valence-corrected chi connectivity index (χ3v) is 7.52. The van der Waals surface area contributed by atoms with Gasteiger partial charge in [-0.3, -0.25) is 9.59 Å². The van der Waals surface area contributed by atoms with E-state index in [1.807, 2.05) is 12.2 Å². The van der Waals surface area contributed by atoms with Crippen molar-refractivity contribution >= 4 is 11.6 Å². The van der Waals surface area contributed by atoms with Gasteiger partial charge in [0, 0.05) is 16.7 Å². The van der Waals surface area contributed by atoms with Crippen LogP contribution < -0.4 is 0 Å². The minimum absolute atomic E-state index is 0.0411. The maximum Gasteiger partial charge on any atom is 0.184 e. The van der Waals surface area contributed by atoms with Crippen molar-refractivity contribution in [1.82, 2.24) is 0 Å². The Labute approximate surface area is 148 Å². The number of aliphatic hydroxyl groups excluding tert-OH is 2. The van der Waals surface area contributed by atoms with E-state index in [1.54, 1.807) is 12.2 Å². The number of hydrogen-bond donors (Lipinski definition) is 2. The molecule has 4 aliphatic carbocycles. The van der Waals surface area contributed by atoms with E-state index >= 15 is 0 Å². The van der Waals surface area contributed by atoms with Crippen molar-refractivity contribution in [2.45, 2.75) is 45.6 Å². The van der Waals surface area contributed by atoms with E-state index in [2.05, 4.69) is 13.8 Å². The lowest BCUT2D eigenvalue weighted by Gasteiger charge is -2.58. The zero-order chi connectivity index (χ0) is 18.0. The number of aliphatic hydroxyl groups is 2. The van der Waals surface area contributed by atoms with Crippen LogP contribution in [0.5, 0.6) is 0 Å². The zero-order valence-electron chi connectivity index (χ0n) is 14.9. The largest absolute Gasteiger partial charge is 0.393 e. The number of ketones is 2. The molecule has 4 heteroatoms. The molecule has 0 aromatic rings. The third kappa shape index (κ3) is 2.20. The first-order valence-corrected chi connectivity index (χ1v) is 9.28. The van der Waals surface area contributed by atoms with Gasteiger partial charge < -0.3 is 10.2 Å². The molecule has 4 nitrogen and oxygen atoms in total. The second kappa shape index (κ2) is 5.49. The number of allylic oxidation sites excluding steroid dienone is 5. The Morgan fingerprint density at radius 1 is 1.36 bits per heavy atom. The molecule has 0 aliphatic heterocycles. The van der Waals surface area contributed by atoms with Crippen molar-refractivity contribution in [1.29, 1.82) is 0 Å². The highest BCUT2D eigenvalue weighted by atomic mass is 16.3. The van der Waals surface area contributed by atoms with Gasteiger partial charge in [-0.15, -0.1) is 0 Å². The second-order valence-corrected chi connectivity index (χ2v) is 8.65. The maximum atomic E-state index is 12.2. The highest BCUT2D eigenvalue weighted by molar-refractivity contribution is 6.01. The molecule has 0 unspecified atom stereocenters. The summed E-state index contributed by atoms with van der Waals surface area (Å²) >= 11 is 0. The molecule has 6 atom stereocenters. The Bertz CT molecular complexity index is 730. The Hall–Kier alpha value is -1.52. The van der Waals surface area contributed by atoms with E-state index < -0.39 is 12.7 Å². The standard InChI is InChI=1S/C21H26O4/c1-20-8-7-13(23)9-12(20)3-4-14-15-5-6-16(18(25)11-22)21(15,2)10-17(24)19(14)20/h6-9,14-15,17,19,22,24H,3-5,10-11H2,1-2H3/t14-,15-,17-,19+,20-,21-/m0/s1. The number of Topliss-reactive ketones (excluding diaryl/α,β-unsaturated/α-hetero) is 1. The number of fused-ring (bicyclic) bond motifs is 5. The van der Waals surface area contributed by atoms with Gasteiger partial charge in [-0.2, -0.15) is 0 Å². The molecule has 0 radical (unpaired) electrons. The quantitative estimate of drug-likeness (QED) is 0.808. The lowest BCUT2D eigenvalue weighted by atomic mass is 9.47. The predicted molar refractivity (Wildman–Crippen MR) is 93.6 cm³/mol. The molecule has 2 N–H and O–H groups in total. The normalized spacial score (nSPS) is 45.2. The van der Waals surface area contributed by atoms with E-state index in [1.165, 1.54) is 0 Å². The molecule has 4 aliphatic rings.